The zero-order valence-corrected chi connectivity index (χ0v) is 8.78. The van der Waals surface area contributed by atoms with Crippen LogP contribution in [0, 0.1) is 11.3 Å². The van der Waals surface area contributed by atoms with E-state index in [0.29, 0.717) is 12.2 Å². The van der Waals surface area contributed by atoms with E-state index >= 15 is 0 Å². The van der Waals surface area contributed by atoms with Crippen molar-refractivity contribution in [1.82, 2.24) is 4.57 Å². The van der Waals surface area contributed by atoms with Crippen LogP contribution < -0.4 is 0 Å². The average Bonchev–Trinajstić information content (AvgIpc) is 2.69. The van der Waals surface area contributed by atoms with E-state index in [1.54, 1.807) is 6.07 Å². The molecule has 2 nitrogen and oxygen atoms in total. The monoisotopic (exact) mass is 216 g/mol. The summed E-state index contributed by atoms with van der Waals surface area (Å²) in [6, 6.07) is 13.4. The lowest BCUT2D eigenvalue weighted by Crippen LogP contribution is -2.00. The van der Waals surface area contributed by atoms with Crippen molar-refractivity contribution in [3.63, 3.8) is 0 Å². The van der Waals surface area contributed by atoms with Crippen molar-refractivity contribution >= 4 is 11.6 Å². The predicted molar refractivity (Wildman–Crippen MR) is 59.7 cm³/mol. The van der Waals surface area contributed by atoms with Crippen molar-refractivity contribution in [2.75, 3.05) is 0 Å². The van der Waals surface area contributed by atoms with Crippen LogP contribution in [-0.2, 0) is 6.54 Å². The van der Waals surface area contributed by atoms with Crippen LogP contribution in [0.5, 0.6) is 0 Å². The molecule has 0 aliphatic carbocycles. The second-order valence-electron chi connectivity index (χ2n) is 3.26. The van der Waals surface area contributed by atoms with E-state index in [9.17, 15) is 0 Å². The summed E-state index contributed by atoms with van der Waals surface area (Å²) in [5.74, 6) is 0. The Balaban J connectivity index is 2.23. The molecule has 0 saturated heterocycles. The third-order valence-electron chi connectivity index (χ3n) is 2.21. The third kappa shape index (κ3) is 2.20. The molecule has 3 heteroatoms. The molecule has 1 heterocycles. The fraction of sp³-hybridized carbons (Fsp3) is 0.0833. The lowest BCUT2D eigenvalue weighted by molar-refractivity contribution is 0.793. The number of aromatic nitrogens is 1. The Hall–Kier alpha value is -1.72. The molecule has 0 aliphatic heterocycles. The Labute approximate surface area is 93.3 Å². The zero-order chi connectivity index (χ0) is 10.7. The van der Waals surface area contributed by atoms with Crippen molar-refractivity contribution in [3.05, 3.63) is 58.9 Å². The largest absolute Gasteiger partial charge is 0.335 e. The van der Waals surface area contributed by atoms with Crippen LogP contribution in [0.1, 0.15) is 11.3 Å². The van der Waals surface area contributed by atoms with E-state index < -0.39 is 0 Å². The van der Waals surface area contributed by atoms with Crippen molar-refractivity contribution in [3.8, 4) is 6.07 Å². The predicted octanol–water partition coefficient (Wildman–Crippen LogP) is 3.06. The summed E-state index contributed by atoms with van der Waals surface area (Å²) in [4.78, 5) is 0. The van der Waals surface area contributed by atoms with Gasteiger partial charge in [-0.1, -0.05) is 23.7 Å². The highest BCUT2D eigenvalue weighted by atomic mass is 35.5. The number of benzene rings is 1. The lowest BCUT2D eigenvalue weighted by Gasteiger charge is -2.04. The van der Waals surface area contributed by atoms with Gasteiger partial charge in [0.15, 0.2) is 0 Å². The van der Waals surface area contributed by atoms with Crippen molar-refractivity contribution in [2.45, 2.75) is 6.54 Å². The van der Waals surface area contributed by atoms with Gasteiger partial charge < -0.3 is 4.57 Å². The standard InChI is InChI=1S/C12H9ClN2/c13-11-5-3-10(4-6-11)9-15-7-1-2-12(15)8-14/h1-7H,9H2. The van der Waals surface area contributed by atoms with Gasteiger partial charge in [-0.2, -0.15) is 5.26 Å². The summed E-state index contributed by atoms with van der Waals surface area (Å²) >= 11 is 5.79. The molecule has 1 aromatic carbocycles. The Bertz CT molecular complexity index is 491. The first-order chi connectivity index (χ1) is 7.29. The van der Waals surface area contributed by atoms with Gasteiger partial charge in [-0.15, -0.1) is 0 Å². The molecular formula is C12H9ClN2. The average molecular weight is 217 g/mol. The van der Waals surface area contributed by atoms with E-state index in [1.165, 1.54) is 0 Å². The van der Waals surface area contributed by atoms with Gasteiger partial charge >= 0.3 is 0 Å². The third-order valence-corrected chi connectivity index (χ3v) is 2.46. The van der Waals surface area contributed by atoms with Gasteiger partial charge in [-0.25, -0.2) is 0 Å². The topological polar surface area (TPSA) is 28.7 Å². The van der Waals surface area contributed by atoms with Crippen molar-refractivity contribution < 1.29 is 0 Å². The van der Waals surface area contributed by atoms with Crippen LogP contribution in [0.15, 0.2) is 42.6 Å². The second kappa shape index (κ2) is 4.20. The number of nitriles is 1. The zero-order valence-electron chi connectivity index (χ0n) is 8.02. The van der Waals surface area contributed by atoms with Gasteiger partial charge in [0.1, 0.15) is 11.8 Å². The minimum atomic E-state index is 0.671. The molecule has 0 amide bonds. The van der Waals surface area contributed by atoms with Gasteiger partial charge in [-0.3, -0.25) is 0 Å². The fourth-order valence-electron chi connectivity index (χ4n) is 1.44. The SMILES string of the molecule is N#Cc1cccn1Cc1ccc(Cl)cc1. The summed E-state index contributed by atoms with van der Waals surface area (Å²) in [5.41, 5.74) is 1.80. The molecule has 1 aromatic heterocycles. The van der Waals surface area contributed by atoms with Gasteiger partial charge in [0.05, 0.1) is 0 Å². The molecule has 0 radical (unpaired) electrons. The molecule has 0 bridgehead atoms. The maximum absolute atomic E-state index is 8.84. The lowest BCUT2D eigenvalue weighted by atomic mass is 10.2. The molecule has 0 saturated carbocycles. The Morgan fingerprint density at radius 3 is 2.60 bits per heavy atom. The number of hydrogen-bond donors (Lipinski definition) is 0. The fourth-order valence-corrected chi connectivity index (χ4v) is 1.57. The summed E-state index contributed by atoms with van der Waals surface area (Å²) < 4.78 is 1.91. The van der Waals surface area contributed by atoms with Crippen LogP contribution in [0.25, 0.3) is 0 Å². The molecule has 0 atom stereocenters. The maximum atomic E-state index is 8.84. The van der Waals surface area contributed by atoms with Crippen LogP contribution in [-0.4, -0.2) is 4.57 Å². The van der Waals surface area contributed by atoms with Crippen molar-refractivity contribution in [2.24, 2.45) is 0 Å². The maximum Gasteiger partial charge on any atom is 0.120 e. The van der Waals surface area contributed by atoms with Crippen LogP contribution in [0.4, 0.5) is 0 Å². The first-order valence-electron chi connectivity index (χ1n) is 4.59. The number of rotatable bonds is 2. The Morgan fingerprint density at radius 1 is 1.20 bits per heavy atom. The van der Waals surface area contributed by atoms with Gasteiger partial charge in [0.25, 0.3) is 0 Å². The minimum absolute atomic E-state index is 0.671. The number of nitrogens with zero attached hydrogens (tertiary/aromatic N) is 2. The molecule has 0 N–H and O–H groups in total. The highest BCUT2D eigenvalue weighted by molar-refractivity contribution is 6.30. The quantitative estimate of drug-likeness (QED) is 0.759. The Morgan fingerprint density at radius 2 is 1.93 bits per heavy atom. The first-order valence-corrected chi connectivity index (χ1v) is 4.97. The normalized spacial score (nSPS) is 9.87. The van der Waals surface area contributed by atoms with Crippen molar-refractivity contribution in [1.29, 1.82) is 5.26 Å². The summed E-state index contributed by atoms with van der Waals surface area (Å²) in [5, 5.41) is 9.57. The molecule has 74 valence electrons. The van der Waals surface area contributed by atoms with E-state index in [-0.39, 0.29) is 0 Å². The molecule has 0 aliphatic rings. The molecular weight excluding hydrogens is 208 g/mol. The van der Waals surface area contributed by atoms with E-state index in [4.69, 9.17) is 16.9 Å². The summed E-state index contributed by atoms with van der Waals surface area (Å²) in [7, 11) is 0. The van der Waals surface area contributed by atoms with Gasteiger partial charge in [-0.05, 0) is 29.8 Å². The molecule has 2 aromatic rings. The van der Waals surface area contributed by atoms with Crippen LogP contribution in [0.3, 0.4) is 0 Å². The van der Waals surface area contributed by atoms with E-state index in [2.05, 4.69) is 6.07 Å². The van der Waals surface area contributed by atoms with Gasteiger partial charge in [0, 0.05) is 17.8 Å². The highest BCUT2D eigenvalue weighted by Gasteiger charge is 2.00. The summed E-state index contributed by atoms with van der Waals surface area (Å²) in [6.07, 6.45) is 1.90. The van der Waals surface area contributed by atoms with Gasteiger partial charge in [0.2, 0.25) is 0 Å². The molecule has 0 spiro atoms. The smallest absolute Gasteiger partial charge is 0.120 e. The highest BCUT2D eigenvalue weighted by Crippen LogP contribution is 2.11. The van der Waals surface area contributed by atoms with E-state index in [1.807, 2.05) is 41.1 Å². The first kappa shape index (κ1) is 9.82. The minimum Gasteiger partial charge on any atom is -0.335 e. The van der Waals surface area contributed by atoms with Crippen LogP contribution >= 0.6 is 11.6 Å². The molecule has 0 fully saturated rings. The Kier molecular flexibility index (Phi) is 2.75. The molecule has 15 heavy (non-hydrogen) atoms. The molecule has 0 unspecified atom stereocenters. The van der Waals surface area contributed by atoms with E-state index in [0.717, 1.165) is 10.6 Å². The van der Waals surface area contributed by atoms with Crippen LogP contribution in [0.2, 0.25) is 5.02 Å². The summed E-state index contributed by atoms with van der Waals surface area (Å²) in [6.45, 7) is 0.701. The number of hydrogen-bond acceptors (Lipinski definition) is 1. The molecule has 2 rings (SSSR count). The second-order valence-corrected chi connectivity index (χ2v) is 3.70. The number of halogens is 1.